The van der Waals surface area contributed by atoms with Crippen molar-refractivity contribution in [2.24, 2.45) is 0 Å². The lowest BCUT2D eigenvalue weighted by Gasteiger charge is -2.39. The average Bonchev–Trinajstić information content (AvgIpc) is 3.17. The van der Waals surface area contributed by atoms with E-state index in [4.69, 9.17) is 4.74 Å². The minimum absolute atomic E-state index is 0.0115. The smallest absolute Gasteiger partial charge is 0.253 e. The van der Waals surface area contributed by atoms with Crippen molar-refractivity contribution < 1.29 is 9.53 Å². The molecule has 6 nitrogen and oxygen atoms in total. The molecule has 2 aromatic rings. The predicted octanol–water partition coefficient (Wildman–Crippen LogP) is 3.09. The van der Waals surface area contributed by atoms with E-state index in [0.717, 1.165) is 51.0 Å². The van der Waals surface area contributed by atoms with Crippen molar-refractivity contribution in [3.05, 3.63) is 59.9 Å². The van der Waals surface area contributed by atoms with Gasteiger partial charge < -0.3 is 15.0 Å². The lowest BCUT2D eigenvalue weighted by molar-refractivity contribution is -0.0764. The van der Waals surface area contributed by atoms with Gasteiger partial charge in [-0.3, -0.25) is 14.7 Å². The second kappa shape index (κ2) is 9.14. The number of hydrogen-bond donors (Lipinski definition) is 1. The fourth-order valence-electron chi connectivity index (χ4n) is 4.63. The monoisotopic (exact) mass is 408 g/mol. The first-order valence-electron chi connectivity index (χ1n) is 10.9. The van der Waals surface area contributed by atoms with Gasteiger partial charge in [0.2, 0.25) is 0 Å². The molecule has 1 atom stereocenters. The van der Waals surface area contributed by atoms with Gasteiger partial charge in [0.25, 0.3) is 5.91 Å². The molecule has 1 aromatic carbocycles. The molecule has 1 aromatic heterocycles. The van der Waals surface area contributed by atoms with Gasteiger partial charge in [-0.05, 0) is 49.4 Å². The molecule has 4 rings (SSSR count). The van der Waals surface area contributed by atoms with Crippen LogP contribution in [0.15, 0.2) is 48.8 Å². The average molecular weight is 409 g/mol. The maximum absolute atomic E-state index is 12.7. The number of anilines is 1. The fourth-order valence-corrected chi connectivity index (χ4v) is 4.63. The third kappa shape index (κ3) is 4.82. The van der Waals surface area contributed by atoms with Crippen LogP contribution >= 0.6 is 0 Å². The highest BCUT2D eigenvalue weighted by atomic mass is 16.5. The van der Waals surface area contributed by atoms with Crippen molar-refractivity contribution in [1.82, 2.24) is 15.2 Å². The van der Waals surface area contributed by atoms with Crippen LogP contribution in [0.1, 0.15) is 41.6 Å². The summed E-state index contributed by atoms with van der Waals surface area (Å²) in [6.07, 6.45) is 8.08. The molecule has 2 saturated heterocycles. The zero-order chi connectivity index (χ0) is 21.0. The molecule has 2 aliphatic rings. The van der Waals surface area contributed by atoms with E-state index in [1.54, 1.807) is 0 Å². The zero-order valence-electron chi connectivity index (χ0n) is 18.0. The summed E-state index contributed by atoms with van der Waals surface area (Å²) in [5, 5.41) is 3.09. The number of carbonyl (C=O) groups excluding carboxylic acids is 1. The second-order valence-corrected chi connectivity index (χ2v) is 8.72. The van der Waals surface area contributed by atoms with Gasteiger partial charge >= 0.3 is 0 Å². The molecule has 1 amide bonds. The first-order chi connectivity index (χ1) is 14.5. The maximum Gasteiger partial charge on any atom is 0.253 e. The normalized spacial score (nSPS) is 20.9. The van der Waals surface area contributed by atoms with Crippen molar-refractivity contribution >= 4 is 11.6 Å². The van der Waals surface area contributed by atoms with Crippen molar-refractivity contribution in [3.63, 3.8) is 0 Å². The molecule has 0 bridgehead atoms. The van der Waals surface area contributed by atoms with E-state index < -0.39 is 0 Å². The van der Waals surface area contributed by atoms with E-state index in [1.807, 2.05) is 61.7 Å². The Kier molecular flexibility index (Phi) is 6.35. The van der Waals surface area contributed by atoms with Gasteiger partial charge in [-0.15, -0.1) is 0 Å². The van der Waals surface area contributed by atoms with Gasteiger partial charge in [0, 0.05) is 58.4 Å². The van der Waals surface area contributed by atoms with Gasteiger partial charge in [-0.25, -0.2) is 0 Å². The third-order valence-corrected chi connectivity index (χ3v) is 6.36. The lowest BCUT2D eigenvalue weighted by Crippen LogP contribution is -2.44. The molecule has 1 spiro atoms. The van der Waals surface area contributed by atoms with Crippen LogP contribution in [0.3, 0.4) is 0 Å². The quantitative estimate of drug-likeness (QED) is 0.796. The number of nitrogens with zero attached hydrogens (tertiary/aromatic N) is 3. The Morgan fingerprint density at radius 1 is 1.20 bits per heavy atom. The van der Waals surface area contributed by atoms with Crippen molar-refractivity contribution in [2.75, 3.05) is 38.6 Å². The van der Waals surface area contributed by atoms with Gasteiger partial charge in [0.05, 0.1) is 17.3 Å². The molecular weight excluding hydrogens is 376 g/mol. The second-order valence-electron chi connectivity index (χ2n) is 8.72. The van der Waals surface area contributed by atoms with E-state index in [2.05, 4.69) is 21.3 Å². The van der Waals surface area contributed by atoms with Crippen LogP contribution in [0.5, 0.6) is 0 Å². The highest BCUT2D eigenvalue weighted by Gasteiger charge is 2.42. The van der Waals surface area contributed by atoms with Crippen LogP contribution in [-0.2, 0) is 11.3 Å². The molecule has 3 heterocycles. The molecule has 0 aliphatic carbocycles. The highest BCUT2D eigenvalue weighted by molar-refractivity contribution is 5.99. The number of benzene rings is 1. The fraction of sp³-hybridized carbons (Fsp3) is 0.500. The van der Waals surface area contributed by atoms with Gasteiger partial charge in [0.1, 0.15) is 0 Å². The predicted molar refractivity (Wildman–Crippen MR) is 119 cm³/mol. The molecule has 1 unspecified atom stereocenters. The van der Waals surface area contributed by atoms with E-state index in [1.165, 1.54) is 5.56 Å². The van der Waals surface area contributed by atoms with Crippen LogP contribution in [0.25, 0.3) is 0 Å². The number of pyridine rings is 1. The molecule has 30 heavy (non-hydrogen) atoms. The summed E-state index contributed by atoms with van der Waals surface area (Å²) in [5.74, 6) is -0.0323. The number of hydrogen-bond acceptors (Lipinski definition) is 5. The Bertz CT molecular complexity index is 847. The Morgan fingerprint density at radius 3 is 2.73 bits per heavy atom. The van der Waals surface area contributed by atoms with Crippen LogP contribution in [-0.4, -0.2) is 61.2 Å². The highest BCUT2D eigenvalue weighted by Crippen LogP contribution is 2.39. The number of para-hydroxylation sites is 1. The molecule has 160 valence electrons. The Labute approximate surface area is 179 Å². The van der Waals surface area contributed by atoms with Crippen molar-refractivity contribution in [3.8, 4) is 0 Å². The summed E-state index contributed by atoms with van der Waals surface area (Å²) in [4.78, 5) is 21.4. The van der Waals surface area contributed by atoms with E-state index in [9.17, 15) is 4.79 Å². The standard InChI is InChI=1S/C24H32N4O2/c1-27(2)22-8-4-3-7-21(22)23(29)26-17-20-9-10-24(30-20)11-14-28(15-12-24)18-19-6-5-13-25-16-19/h3-8,13,16,20H,9-12,14-15,17-18H2,1-2H3,(H,26,29). The largest absolute Gasteiger partial charge is 0.377 e. The first kappa shape index (κ1) is 20.8. The van der Waals surface area contributed by atoms with E-state index >= 15 is 0 Å². The summed E-state index contributed by atoms with van der Waals surface area (Å²) < 4.78 is 6.49. The van der Waals surface area contributed by atoms with E-state index in [-0.39, 0.29) is 17.6 Å². The number of aromatic nitrogens is 1. The first-order valence-corrected chi connectivity index (χ1v) is 10.9. The molecule has 0 radical (unpaired) electrons. The van der Waals surface area contributed by atoms with Gasteiger partial charge in [-0.2, -0.15) is 0 Å². The number of likely N-dealkylation sites (tertiary alicyclic amines) is 1. The number of nitrogens with one attached hydrogen (secondary N) is 1. The molecule has 6 heteroatoms. The minimum atomic E-state index is -0.0323. The van der Waals surface area contributed by atoms with Gasteiger partial charge in [0.15, 0.2) is 0 Å². The molecule has 2 aliphatic heterocycles. The summed E-state index contributed by atoms with van der Waals surface area (Å²) in [6, 6.07) is 11.8. The van der Waals surface area contributed by atoms with Crippen LogP contribution in [0, 0.1) is 0 Å². The van der Waals surface area contributed by atoms with Crippen LogP contribution in [0.4, 0.5) is 5.69 Å². The third-order valence-electron chi connectivity index (χ3n) is 6.36. The lowest BCUT2D eigenvalue weighted by atomic mass is 9.88. The Morgan fingerprint density at radius 2 is 2.00 bits per heavy atom. The van der Waals surface area contributed by atoms with Crippen LogP contribution in [0.2, 0.25) is 0 Å². The SMILES string of the molecule is CN(C)c1ccccc1C(=O)NCC1CCC2(CCN(Cc3cccnc3)CC2)O1. The van der Waals surface area contributed by atoms with Crippen LogP contribution < -0.4 is 10.2 Å². The topological polar surface area (TPSA) is 57.7 Å². The van der Waals surface area contributed by atoms with Crippen molar-refractivity contribution in [2.45, 2.75) is 43.9 Å². The number of ether oxygens (including phenoxy) is 1. The molecular formula is C24H32N4O2. The zero-order valence-corrected chi connectivity index (χ0v) is 18.0. The number of carbonyl (C=O) groups is 1. The summed E-state index contributed by atoms with van der Waals surface area (Å²) in [7, 11) is 3.91. The summed E-state index contributed by atoms with van der Waals surface area (Å²) in [5.41, 5.74) is 2.89. The molecule has 1 N–H and O–H groups in total. The number of amides is 1. The van der Waals surface area contributed by atoms with E-state index in [0.29, 0.717) is 12.1 Å². The molecule has 2 fully saturated rings. The summed E-state index contributed by atoms with van der Waals surface area (Å²) in [6.45, 7) is 3.62. The number of piperidine rings is 1. The Balaban J connectivity index is 1.26. The minimum Gasteiger partial charge on any atom is -0.377 e. The summed E-state index contributed by atoms with van der Waals surface area (Å²) >= 11 is 0. The van der Waals surface area contributed by atoms with Crippen molar-refractivity contribution in [1.29, 1.82) is 0 Å². The maximum atomic E-state index is 12.7. The Hall–Kier alpha value is -2.44. The number of rotatable bonds is 6. The van der Waals surface area contributed by atoms with Gasteiger partial charge in [-0.1, -0.05) is 18.2 Å². The molecule has 0 saturated carbocycles.